The van der Waals surface area contributed by atoms with Gasteiger partial charge < -0.3 is 17.7 Å². The fourth-order valence-corrected chi connectivity index (χ4v) is 0.664. The maximum absolute atomic E-state index is 11.7. The molecule has 1 rings (SSSR count). The fraction of sp³-hybridized carbons (Fsp3) is 0.400. The molecule has 68 valence electrons. The van der Waals surface area contributed by atoms with Crippen LogP contribution >= 0.6 is 0 Å². The smallest absolute Gasteiger partial charge is 0.519 e. The van der Waals surface area contributed by atoms with Crippen molar-refractivity contribution in [1.29, 1.82) is 0 Å². The van der Waals surface area contributed by atoms with E-state index < -0.39 is 13.5 Å². The van der Waals surface area contributed by atoms with E-state index in [1.54, 1.807) is 7.05 Å². The monoisotopic (exact) mass is 218 g/mol. The van der Waals surface area contributed by atoms with Crippen LogP contribution in [-0.2, 0) is 7.05 Å². The van der Waals surface area contributed by atoms with Gasteiger partial charge in [-0.15, -0.1) is 0 Å². The van der Waals surface area contributed by atoms with Gasteiger partial charge >= 0.3 is 58.4 Å². The first kappa shape index (κ1) is 13.5. The molecule has 0 N–H and O–H groups in total. The Balaban J connectivity index is 0.00000144. The summed E-state index contributed by atoms with van der Waals surface area (Å²) in [6, 6.07) is 0. The average Bonchev–Trinajstić information content (AvgIpc) is 2.30. The Bertz CT molecular complexity index is 265. The van der Waals surface area contributed by atoms with Crippen molar-refractivity contribution < 1.29 is 69.1 Å². The van der Waals surface area contributed by atoms with Crippen molar-refractivity contribution in [3.63, 3.8) is 0 Å². The Labute approximate surface area is 116 Å². The van der Waals surface area contributed by atoms with Gasteiger partial charge in [0.1, 0.15) is 0 Å². The third kappa shape index (κ3) is 5.74. The van der Waals surface area contributed by atoms with Crippen LogP contribution in [0.15, 0.2) is 12.4 Å². The van der Waals surface area contributed by atoms with E-state index in [2.05, 4.69) is 9.84 Å². The molecule has 0 radical (unpaired) electrons. The minimum absolute atomic E-state index is 0. The minimum Gasteiger partial charge on any atom is -0.519 e. The summed E-state index contributed by atoms with van der Waals surface area (Å²) < 4.78 is 40.8. The Morgan fingerprint density at radius 3 is 2.54 bits per heavy atom. The molecule has 0 unspecified atom stereocenters. The predicted octanol–water partition coefficient (Wildman–Crippen LogP) is -1.81. The van der Waals surface area contributed by atoms with Crippen LogP contribution in [-0.4, -0.2) is 23.3 Å². The molecule has 0 aliphatic rings. The molecule has 0 spiro atoms. The van der Waals surface area contributed by atoms with Gasteiger partial charge in [0.25, 0.3) is 0 Å². The van der Waals surface area contributed by atoms with Crippen LogP contribution < -0.4 is 56.1 Å². The van der Waals surface area contributed by atoms with Gasteiger partial charge in [0, 0.05) is 7.05 Å². The van der Waals surface area contributed by atoms with E-state index in [0.717, 1.165) is 0 Å². The molecule has 0 aliphatic heterocycles. The minimum atomic E-state index is -4.88. The molecule has 8 heteroatoms. The van der Waals surface area contributed by atoms with Gasteiger partial charge in [-0.05, 0) is 0 Å². The summed E-state index contributed by atoms with van der Waals surface area (Å²) in [6.07, 6.45) is 2.61. The average molecular weight is 218 g/mol. The largest absolute Gasteiger partial charge is 1.00 e. The quantitative estimate of drug-likeness (QED) is 0.559. The summed E-state index contributed by atoms with van der Waals surface area (Å²) >= 11 is 0. The molecule has 1 aromatic rings. The molecule has 1 heterocycles. The Hall–Kier alpha value is 0.501. The number of hydrogen-bond acceptors (Lipinski definition) is 2. The van der Waals surface area contributed by atoms with Crippen molar-refractivity contribution in [2.75, 3.05) is 6.51 Å². The second-order valence-electron chi connectivity index (χ2n) is 2.37. The van der Waals surface area contributed by atoms with Gasteiger partial charge in [0.2, 0.25) is 0 Å². The number of ether oxygens (including phenoxy) is 1. The van der Waals surface area contributed by atoms with Crippen molar-refractivity contribution in [1.82, 2.24) is 9.78 Å². The van der Waals surface area contributed by atoms with Crippen molar-refractivity contribution >= 4 is 6.98 Å². The number of aromatic nitrogens is 2. The van der Waals surface area contributed by atoms with E-state index in [0.29, 0.717) is 0 Å². The van der Waals surface area contributed by atoms with Crippen LogP contribution in [0.2, 0.25) is 0 Å². The number of aryl methyl sites for hydroxylation is 1. The summed E-state index contributed by atoms with van der Waals surface area (Å²) in [7, 11) is 1.60. The molecule has 0 amide bonds. The van der Waals surface area contributed by atoms with E-state index in [-0.39, 0.29) is 57.1 Å². The number of hydrogen-bond donors (Lipinski definition) is 0. The van der Waals surface area contributed by atoms with E-state index in [1.807, 2.05) is 0 Å². The van der Waals surface area contributed by atoms with Crippen LogP contribution in [0.3, 0.4) is 0 Å². The van der Waals surface area contributed by atoms with E-state index in [1.165, 1.54) is 17.1 Å². The van der Waals surface area contributed by atoms with Crippen LogP contribution in [0, 0.1) is 0 Å². The zero-order chi connectivity index (χ0) is 9.19. The molecular formula is C5H7BF3KN2O. The fourth-order valence-electron chi connectivity index (χ4n) is 0.664. The first-order chi connectivity index (χ1) is 5.47. The maximum Gasteiger partial charge on any atom is 1.00 e. The van der Waals surface area contributed by atoms with Gasteiger partial charge in [-0.25, -0.2) is 0 Å². The molecule has 13 heavy (non-hydrogen) atoms. The summed E-state index contributed by atoms with van der Waals surface area (Å²) in [5.41, 5.74) is 0. The van der Waals surface area contributed by atoms with Gasteiger partial charge in [-0.1, -0.05) is 0 Å². The second kappa shape index (κ2) is 5.40. The second-order valence-corrected chi connectivity index (χ2v) is 2.37. The van der Waals surface area contributed by atoms with Crippen molar-refractivity contribution in [2.45, 2.75) is 0 Å². The first-order valence-electron chi connectivity index (χ1n) is 3.30. The molecule has 0 aromatic carbocycles. The first-order valence-corrected chi connectivity index (χ1v) is 3.30. The Kier molecular flexibility index (Phi) is 5.61. The van der Waals surface area contributed by atoms with Gasteiger partial charge in [-0.3, -0.25) is 4.68 Å². The molecule has 3 nitrogen and oxygen atoms in total. The molecule has 0 bridgehead atoms. The summed E-state index contributed by atoms with van der Waals surface area (Å²) in [5.74, 6) is 0.136. The third-order valence-electron chi connectivity index (χ3n) is 1.12. The Morgan fingerprint density at radius 1 is 1.54 bits per heavy atom. The SMILES string of the molecule is Cn1cc(OC[B-](F)(F)F)cn1.[K+]. The number of nitrogens with zero attached hydrogens (tertiary/aromatic N) is 2. The number of rotatable bonds is 3. The van der Waals surface area contributed by atoms with Crippen molar-refractivity contribution in [3.8, 4) is 5.75 Å². The molecule has 0 atom stereocenters. The van der Waals surface area contributed by atoms with E-state index in [4.69, 9.17) is 0 Å². The van der Waals surface area contributed by atoms with Crippen LogP contribution in [0.25, 0.3) is 0 Å². The Morgan fingerprint density at radius 2 is 2.15 bits per heavy atom. The van der Waals surface area contributed by atoms with Crippen LogP contribution in [0.5, 0.6) is 5.75 Å². The third-order valence-corrected chi connectivity index (χ3v) is 1.12. The summed E-state index contributed by atoms with van der Waals surface area (Å²) in [6.45, 7) is -6.09. The molecule has 0 aliphatic carbocycles. The maximum atomic E-state index is 11.7. The topological polar surface area (TPSA) is 27.1 Å². The van der Waals surface area contributed by atoms with Crippen LogP contribution in [0.4, 0.5) is 12.9 Å². The van der Waals surface area contributed by atoms with Gasteiger partial charge in [0.15, 0.2) is 5.75 Å². The van der Waals surface area contributed by atoms with E-state index >= 15 is 0 Å². The zero-order valence-electron chi connectivity index (χ0n) is 7.38. The standard InChI is InChI=1S/C5H7BF3N2O.K/c1-11-3-5(2-10-11)12-4-6(7,8)9;/h2-3H,4H2,1H3;/q-1;+1. The summed E-state index contributed by atoms with van der Waals surface area (Å²) in [5, 5.41) is 3.65. The molecule has 0 fully saturated rings. The van der Waals surface area contributed by atoms with Crippen LogP contribution in [0.1, 0.15) is 0 Å². The zero-order valence-corrected chi connectivity index (χ0v) is 10.5. The number of halogens is 3. The normalized spacial score (nSPS) is 10.8. The molecule has 1 aromatic heterocycles. The van der Waals surface area contributed by atoms with Gasteiger partial charge in [0.05, 0.1) is 18.9 Å². The predicted molar refractivity (Wildman–Crippen MR) is 37.8 cm³/mol. The van der Waals surface area contributed by atoms with Gasteiger partial charge in [-0.2, -0.15) is 5.10 Å². The molecular weight excluding hydrogens is 211 g/mol. The van der Waals surface area contributed by atoms with Crippen molar-refractivity contribution in [3.05, 3.63) is 12.4 Å². The summed E-state index contributed by atoms with van der Waals surface area (Å²) in [4.78, 5) is 0. The molecule has 0 saturated carbocycles. The van der Waals surface area contributed by atoms with Crippen molar-refractivity contribution in [2.24, 2.45) is 7.05 Å². The molecule has 0 saturated heterocycles. The van der Waals surface area contributed by atoms with E-state index in [9.17, 15) is 12.9 Å².